The van der Waals surface area contributed by atoms with Gasteiger partial charge < -0.3 is 9.47 Å². The van der Waals surface area contributed by atoms with Crippen LogP contribution in [0.5, 0.6) is 0 Å². The molecular weight excluding hydrogens is 323 g/mol. The van der Waals surface area contributed by atoms with Gasteiger partial charge in [0.15, 0.2) is 17.2 Å². The van der Waals surface area contributed by atoms with Crippen LogP contribution >= 0.6 is 34.8 Å². The van der Waals surface area contributed by atoms with E-state index in [0.29, 0.717) is 5.56 Å². The van der Waals surface area contributed by atoms with Crippen molar-refractivity contribution >= 4 is 40.6 Å². The number of Topliss-reactive ketones (excluding diaryl/α,β-unsaturated/α-hetero) is 1. The van der Waals surface area contributed by atoms with Crippen LogP contribution < -0.4 is 0 Å². The van der Waals surface area contributed by atoms with Crippen molar-refractivity contribution in [3.05, 3.63) is 35.9 Å². The minimum absolute atomic E-state index is 0.278. The van der Waals surface area contributed by atoms with E-state index in [-0.39, 0.29) is 5.78 Å². The van der Waals surface area contributed by atoms with Gasteiger partial charge in [-0.25, -0.2) is 0 Å². The summed E-state index contributed by atoms with van der Waals surface area (Å²) in [6, 6.07) is 8.74. The topological polar surface area (TPSA) is 35.5 Å². The van der Waals surface area contributed by atoms with Crippen LogP contribution in [0.1, 0.15) is 31.1 Å². The molecule has 0 radical (unpaired) electrons. The fraction of sp³-hybridized carbons (Fsp3) is 0.500. The molecule has 110 valence electrons. The minimum Gasteiger partial charge on any atom is -0.339 e. The summed E-state index contributed by atoms with van der Waals surface area (Å²) in [5, 5.41) is 0. The van der Waals surface area contributed by atoms with Gasteiger partial charge in [0, 0.05) is 5.56 Å². The molecule has 2 unspecified atom stereocenters. The lowest BCUT2D eigenvalue weighted by Gasteiger charge is -2.31. The second kappa shape index (κ2) is 5.15. The molecule has 1 aromatic carbocycles. The molecule has 3 nitrogen and oxygen atoms in total. The van der Waals surface area contributed by atoms with Crippen molar-refractivity contribution in [2.75, 3.05) is 0 Å². The van der Waals surface area contributed by atoms with E-state index in [1.807, 2.05) is 6.07 Å². The Hall–Kier alpha value is -0.320. The molecule has 0 amide bonds. The number of rotatable bonds is 2. The highest BCUT2D eigenvalue weighted by Gasteiger charge is 2.61. The third kappa shape index (κ3) is 2.97. The Bertz CT molecular complexity index is 510. The van der Waals surface area contributed by atoms with Gasteiger partial charge in [-0.1, -0.05) is 65.1 Å². The highest BCUT2D eigenvalue weighted by molar-refractivity contribution is 6.68. The summed E-state index contributed by atoms with van der Waals surface area (Å²) in [4.78, 5) is 12.7. The van der Waals surface area contributed by atoms with Gasteiger partial charge in [-0.15, -0.1) is 0 Å². The van der Waals surface area contributed by atoms with E-state index in [1.54, 1.807) is 45.0 Å². The number of carbonyl (C=O) groups is 1. The predicted octanol–water partition coefficient (Wildman–Crippen LogP) is 4.15. The first-order chi connectivity index (χ1) is 9.06. The first kappa shape index (κ1) is 16.1. The molecule has 0 spiro atoms. The van der Waals surface area contributed by atoms with Crippen LogP contribution in [0.25, 0.3) is 0 Å². The van der Waals surface area contributed by atoms with Crippen LogP contribution in [0.15, 0.2) is 30.3 Å². The van der Waals surface area contributed by atoms with Gasteiger partial charge in [0.05, 0.1) is 0 Å². The quantitative estimate of drug-likeness (QED) is 0.601. The summed E-state index contributed by atoms with van der Waals surface area (Å²) in [6.45, 7) is 4.95. The molecule has 1 aliphatic rings. The van der Waals surface area contributed by atoms with Gasteiger partial charge in [-0.2, -0.15) is 0 Å². The van der Waals surface area contributed by atoms with Crippen molar-refractivity contribution in [3.63, 3.8) is 0 Å². The van der Waals surface area contributed by atoms with Gasteiger partial charge in [-0.05, 0) is 20.8 Å². The number of ketones is 1. The summed E-state index contributed by atoms with van der Waals surface area (Å²) < 4.78 is 9.63. The average Bonchev–Trinajstić information content (AvgIpc) is 2.60. The zero-order valence-corrected chi connectivity index (χ0v) is 13.6. The lowest BCUT2D eigenvalue weighted by Crippen LogP contribution is -2.50. The molecule has 1 saturated heterocycles. The zero-order chi connectivity index (χ0) is 15.2. The number of hydrogen-bond donors (Lipinski definition) is 0. The normalized spacial score (nSPS) is 29.4. The number of hydrogen-bond acceptors (Lipinski definition) is 3. The summed E-state index contributed by atoms with van der Waals surface area (Å²) in [5.74, 6) is -1.28. The first-order valence-electron chi connectivity index (χ1n) is 6.11. The monoisotopic (exact) mass is 336 g/mol. The Kier molecular flexibility index (Phi) is 4.13. The van der Waals surface area contributed by atoms with Gasteiger partial charge in [0.25, 0.3) is 0 Å². The van der Waals surface area contributed by atoms with Crippen molar-refractivity contribution in [1.29, 1.82) is 0 Å². The number of halogens is 3. The maximum absolute atomic E-state index is 12.7. The van der Waals surface area contributed by atoms with Crippen molar-refractivity contribution < 1.29 is 14.3 Å². The number of carbonyl (C=O) groups excluding carboxylic acids is 1. The summed E-state index contributed by atoms with van der Waals surface area (Å²) >= 11 is 17.9. The molecule has 0 N–H and O–H groups in total. The second-order valence-electron chi connectivity index (χ2n) is 5.34. The molecule has 20 heavy (non-hydrogen) atoms. The fourth-order valence-electron chi connectivity index (χ4n) is 2.41. The minimum atomic E-state index is -1.77. The van der Waals surface area contributed by atoms with E-state index >= 15 is 0 Å². The summed E-state index contributed by atoms with van der Waals surface area (Å²) in [7, 11) is 0. The van der Waals surface area contributed by atoms with Crippen LogP contribution in [0.3, 0.4) is 0 Å². The molecule has 0 bridgehead atoms. The van der Waals surface area contributed by atoms with Crippen molar-refractivity contribution in [2.45, 2.75) is 42.1 Å². The van der Waals surface area contributed by atoms with E-state index < -0.39 is 21.3 Å². The lowest BCUT2D eigenvalue weighted by atomic mass is 9.90. The summed E-state index contributed by atoms with van der Waals surface area (Å²) in [6.07, 6.45) is -0.997. The van der Waals surface area contributed by atoms with Crippen LogP contribution in [0, 0.1) is 0 Å². The van der Waals surface area contributed by atoms with Gasteiger partial charge in [0.2, 0.25) is 3.79 Å². The van der Waals surface area contributed by atoms with Crippen molar-refractivity contribution in [1.82, 2.24) is 0 Å². The zero-order valence-electron chi connectivity index (χ0n) is 11.3. The molecule has 1 aromatic rings. The van der Waals surface area contributed by atoms with Crippen molar-refractivity contribution in [3.8, 4) is 0 Å². The molecule has 2 atom stereocenters. The Morgan fingerprint density at radius 3 is 2.20 bits per heavy atom. The first-order valence-corrected chi connectivity index (χ1v) is 7.24. The molecular formula is C14H15Cl3O3. The molecule has 1 aliphatic heterocycles. The van der Waals surface area contributed by atoms with Gasteiger partial charge >= 0.3 is 0 Å². The van der Waals surface area contributed by atoms with E-state index in [9.17, 15) is 4.79 Å². The maximum Gasteiger partial charge on any atom is 0.219 e. The summed E-state index contributed by atoms with van der Waals surface area (Å²) in [5.41, 5.74) is -0.883. The largest absolute Gasteiger partial charge is 0.339 e. The smallest absolute Gasteiger partial charge is 0.219 e. The Morgan fingerprint density at radius 2 is 1.70 bits per heavy atom. The Morgan fingerprint density at radius 1 is 1.15 bits per heavy atom. The van der Waals surface area contributed by atoms with Gasteiger partial charge in [0.1, 0.15) is 6.10 Å². The third-order valence-corrected chi connectivity index (χ3v) is 3.74. The maximum atomic E-state index is 12.7. The number of ether oxygens (including phenoxy) is 2. The molecule has 0 saturated carbocycles. The van der Waals surface area contributed by atoms with E-state index in [0.717, 1.165) is 0 Å². The number of alkyl halides is 3. The van der Waals surface area contributed by atoms with E-state index in [1.165, 1.54) is 0 Å². The van der Waals surface area contributed by atoms with Crippen LogP contribution in [-0.2, 0) is 9.47 Å². The molecule has 0 aromatic heterocycles. The van der Waals surface area contributed by atoms with Crippen LogP contribution in [-0.4, -0.2) is 27.1 Å². The van der Waals surface area contributed by atoms with Gasteiger partial charge in [-0.3, -0.25) is 4.79 Å². The second-order valence-corrected chi connectivity index (χ2v) is 7.71. The van der Waals surface area contributed by atoms with E-state index in [4.69, 9.17) is 44.3 Å². The molecule has 1 fully saturated rings. The molecule has 1 heterocycles. The van der Waals surface area contributed by atoms with Crippen LogP contribution in [0.2, 0.25) is 0 Å². The average molecular weight is 338 g/mol. The van der Waals surface area contributed by atoms with Crippen molar-refractivity contribution in [2.24, 2.45) is 0 Å². The molecule has 2 rings (SSSR count). The predicted molar refractivity (Wildman–Crippen MR) is 79.5 cm³/mol. The van der Waals surface area contributed by atoms with Crippen LogP contribution in [0.4, 0.5) is 0 Å². The third-order valence-electron chi connectivity index (χ3n) is 3.14. The fourth-order valence-corrected chi connectivity index (χ4v) is 3.16. The number of benzene rings is 1. The van der Waals surface area contributed by atoms with E-state index in [2.05, 4.69) is 0 Å². The standard InChI is InChI=1S/C14H15Cl3O3/c1-12(2)19-11(14(15,16)17)13(3,20-12)10(18)9-7-5-4-6-8-9/h4-8,11H,1-3H3. The SMILES string of the molecule is CC1(C)OC(C(Cl)(Cl)Cl)C(C)(C(=O)c2ccccc2)O1. The molecule has 6 heteroatoms. The highest BCUT2D eigenvalue weighted by atomic mass is 35.6. The Balaban J connectivity index is 2.43. The lowest BCUT2D eigenvalue weighted by molar-refractivity contribution is -0.153. The highest BCUT2D eigenvalue weighted by Crippen LogP contribution is 2.48. The molecule has 0 aliphatic carbocycles. The Labute approximate surface area is 133 Å².